The molecule has 2 aliphatic rings. The van der Waals surface area contributed by atoms with Gasteiger partial charge in [-0.15, -0.1) is 0 Å². The summed E-state index contributed by atoms with van der Waals surface area (Å²) in [6.07, 6.45) is 0.600. The molecule has 1 amide bonds. The van der Waals surface area contributed by atoms with Gasteiger partial charge in [0, 0.05) is 37.7 Å². The van der Waals surface area contributed by atoms with Crippen LogP contribution in [-0.4, -0.2) is 72.9 Å². The minimum absolute atomic E-state index is 0.0357. The van der Waals surface area contributed by atoms with Crippen molar-refractivity contribution in [1.29, 1.82) is 0 Å². The highest BCUT2D eigenvalue weighted by atomic mass is 19.4. The van der Waals surface area contributed by atoms with E-state index in [0.717, 1.165) is 45.6 Å². The summed E-state index contributed by atoms with van der Waals surface area (Å²) in [5, 5.41) is 7.12. The summed E-state index contributed by atoms with van der Waals surface area (Å²) >= 11 is 0. The van der Waals surface area contributed by atoms with Crippen molar-refractivity contribution in [2.75, 3.05) is 39.9 Å². The fourth-order valence-electron chi connectivity index (χ4n) is 4.04. The second-order valence-corrected chi connectivity index (χ2v) is 7.43. The van der Waals surface area contributed by atoms with Gasteiger partial charge in [-0.3, -0.25) is 9.69 Å². The minimum atomic E-state index is -5.08. The van der Waals surface area contributed by atoms with Gasteiger partial charge in [0.1, 0.15) is 0 Å². The SMILES string of the molecule is CCN1CC2(CCN(Cc3ccoc3)CC2)C(COC)C1=O.O=C(O)C(F)(F)F. The molecule has 1 aromatic heterocycles. The molecule has 1 spiro atoms. The third-order valence-electron chi connectivity index (χ3n) is 5.65. The highest BCUT2D eigenvalue weighted by molar-refractivity contribution is 5.82. The highest BCUT2D eigenvalue weighted by Gasteiger charge is 2.52. The number of carbonyl (C=O) groups excluding carboxylic acids is 1. The molecule has 3 rings (SSSR count). The lowest BCUT2D eigenvalue weighted by Crippen LogP contribution is -2.45. The number of methoxy groups -OCH3 is 1. The predicted molar refractivity (Wildman–Crippen MR) is 97.0 cm³/mol. The first kappa shape index (κ1) is 23.2. The van der Waals surface area contributed by atoms with E-state index >= 15 is 0 Å². The Bertz CT molecular complexity index is 670. The Morgan fingerprint density at radius 3 is 2.45 bits per heavy atom. The smallest absolute Gasteiger partial charge is 0.475 e. The van der Waals surface area contributed by atoms with E-state index in [2.05, 4.69) is 11.8 Å². The fraction of sp³-hybridized carbons (Fsp3) is 0.684. The van der Waals surface area contributed by atoms with Gasteiger partial charge in [0.25, 0.3) is 0 Å². The molecule has 0 aromatic carbocycles. The van der Waals surface area contributed by atoms with Crippen LogP contribution in [0.5, 0.6) is 0 Å². The lowest BCUT2D eigenvalue weighted by molar-refractivity contribution is -0.192. The number of alkyl halides is 3. The molecule has 1 unspecified atom stereocenters. The second-order valence-electron chi connectivity index (χ2n) is 7.43. The molecule has 164 valence electrons. The van der Waals surface area contributed by atoms with Gasteiger partial charge in [-0.1, -0.05) is 0 Å². The van der Waals surface area contributed by atoms with Crippen molar-refractivity contribution >= 4 is 11.9 Å². The van der Waals surface area contributed by atoms with Crippen molar-refractivity contribution in [3.05, 3.63) is 24.2 Å². The molecule has 2 aliphatic heterocycles. The summed E-state index contributed by atoms with van der Waals surface area (Å²) < 4.78 is 42.2. The van der Waals surface area contributed by atoms with Crippen molar-refractivity contribution in [2.45, 2.75) is 32.5 Å². The molecular formula is C19H27F3N2O5. The van der Waals surface area contributed by atoms with Crippen molar-refractivity contribution in [1.82, 2.24) is 9.80 Å². The van der Waals surface area contributed by atoms with Crippen LogP contribution in [-0.2, 0) is 20.9 Å². The second kappa shape index (κ2) is 9.62. The Labute approximate surface area is 167 Å². The lowest BCUT2D eigenvalue weighted by Gasteiger charge is -2.41. The zero-order valence-corrected chi connectivity index (χ0v) is 16.6. The number of hydrogen-bond acceptors (Lipinski definition) is 5. The number of aliphatic carboxylic acids is 1. The lowest BCUT2D eigenvalue weighted by atomic mass is 9.71. The fourth-order valence-corrected chi connectivity index (χ4v) is 4.04. The van der Waals surface area contributed by atoms with Gasteiger partial charge in [0.15, 0.2) is 0 Å². The molecule has 3 heterocycles. The van der Waals surface area contributed by atoms with Crippen LogP contribution >= 0.6 is 0 Å². The van der Waals surface area contributed by atoms with Crippen LogP contribution in [0.3, 0.4) is 0 Å². The summed E-state index contributed by atoms with van der Waals surface area (Å²) in [5.41, 5.74) is 1.33. The maximum absolute atomic E-state index is 12.6. The van der Waals surface area contributed by atoms with E-state index in [1.54, 1.807) is 13.4 Å². The van der Waals surface area contributed by atoms with Crippen LogP contribution in [0.25, 0.3) is 0 Å². The minimum Gasteiger partial charge on any atom is -0.475 e. The zero-order valence-electron chi connectivity index (χ0n) is 16.6. The summed E-state index contributed by atoms with van der Waals surface area (Å²) in [5.74, 6) is -2.44. The van der Waals surface area contributed by atoms with Gasteiger partial charge >= 0.3 is 12.1 Å². The maximum Gasteiger partial charge on any atom is 0.490 e. The van der Waals surface area contributed by atoms with Gasteiger partial charge in [0.2, 0.25) is 5.91 Å². The van der Waals surface area contributed by atoms with Gasteiger partial charge in [-0.2, -0.15) is 13.2 Å². The Kier molecular flexibility index (Phi) is 7.70. The quantitative estimate of drug-likeness (QED) is 0.789. The molecule has 0 saturated carbocycles. The summed E-state index contributed by atoms with van der Waals surface area (Å²) in [7, 11) is 1.70. The summed E-state index contributed by atoms with van der Waals surface area (Å²) in [6, 6.07) is 2.02. The van der Waals surface area contributed by atoms with Crippen molar-refractivity contribution < 1.29 is 37.0 Å². The predicted octanol–water partition coefficient (Wildman–Crippen LogP) is 2.62. The van der Waals surface area contributed by atoms with E-state index in [-0.39, 0.29) is 17.2 Å². The Morgan fingerprint density at radius 1 is 1.38 bits per heavy atom. The number of ether oxygens (including phenoxy) is 1. The van der Waals surface area contributed by atoms with E-state index in [4.69, 9.17) is 19.1 Å². The third-order valence-corrected chi connectivity index (χ3v) is 5.65. The number of carboxylic acid groups (broad SMARTS) is 1. The third kappa shape index (κ3) is 5.72. The van der Waals surface area contributed by atoms with Gasteiger partial charge in [-0.25, -0.2) is 4.79 Å². The molecule has 0 aliphatic carbocycles. The van der Waals surface area contributed by atoms with Crippen molar-refractivity contribution in [3.8, 4) is 0 Å². The number of halogens is 3. The normalized spacial score (nSPS) is 21.9. The highest BCUT2D eigenvalue weighted by Crippen LogP contribution is 2.45. The Hall–Kier alpha value is -2.07. The average Bonchev–Trinajstić information content (AvgIpc) is 3.26. The van der Waals surface area contributed by atoms with E-state index in [9.17, 15) is 18.0 Å². The number of hydrogen-bond donors (Lipinski definition) is 1. The topological polar surface area (TPSA) is 83.2 Å². The number of carbonyl (C=O) groups is 2. The molecule has 2 saturated heterocycles. The van der Waals surface area contributed by atoms with Crippen molar-refractivity contribution in [3.63, 3.8) is 0 Å². The first-order chi connectivity index (χ1) is 13.6. The molecule has 0 bridgehead atoms. The molecule has 1 aromatic rings. The first-order valence-corrected chi connectivity index (χ1v) is 9.44. The van der Waals surface area contributed by atoms with Crippen molar-refractivity contribution in [2.24, 2.45) is 11.3 Å². The van der Waals surface area contributed by atoms with E-state index in [0.29, 0.717) is 6.61 Å². The van der Waals surface area contributed by atoms with Crippen LogP contribution in [0, 0.1) is 11.3 Å². The standard InChI is InChI=1S/C17H26N2O3.C2HF3O2/c1-3-19-13-17(15(12-21-2)16(19)20)5-7-18(8-6-17)10-14-4-9-22-11-14;3-2(4,5)1(6)7/h4,9,11,15H,3,5-8,10,12-13H2,1-2H3;(H,6,7). The number of rotatable bonds is 5. The number of carboxylic acids is 1. The first-order valence-electron chi connectivity index (χ1n) is 9.44. The number of piperidine rings is 1. The van der Waals surface area contributed by atoms with Gasteiger partial charge in [0.05, 0.1) is 25.1 Å². The number of amides is 1. The average molecular weight is 420 g/mol. The molecule has 0 radical (unpaired) electrons. The summed E-state index contributed by atoms with van der Waals surface area (Å²) in [4.78, 5) is 25.9. The summed E-state index contributed by atoms with van der Waals surface area (Å²) in [6.45, 7) is 7.33. The Morgan fingerprint density at radius 2 is 2.00 bits per heavy atom. The van der Waals surface area contributed by atoms with E-state index in [1.165, 1.54) is 5.56 Å². The number of furan rings is 1. The molecule has 1 atom stereocenters. The molecule has 1 N–H and O–H groups in total. The monoisotopic (exact) mass is 420 g/mol. The van der Waals surface area contributed by atoms with Crippen LogP contribution in [0.4, 0.5) is 13.2 Å². The van der Waals surface area contributed by atoms with Crippen LogP contribution in [0.15, 0.2) is 23.0 Å². The number of nitrogens with zero attached hydrogens (tertiary/aromatic N) is 2. The van der Waals surface area contributed by atoms with Crippen LogP contribution < -0.4 is 0 Å². The molecule has 29 heavy (non-hydrogen) atoms. The Balaban J connectivity index is 0.000000370. The molecular weight excluding hydrogens is 393 g/mol. The zero-order chi connectivity index (χ0) is 21.7. The number of likely N-dealkylation sites (tertiary alicyclic amines) is 2. The van der Waals surface area contributed by atoms with Gasteiger partial charge in [-0.05, 0) is 38.9 Å². The van der Waals surface area contributed by atoms with Crippen LogP contribution in [0.2, 0.25) is 0 Å². The van der Waals surface area contributed by atoms with E-state index in [1.807, 2.05) is 17.2 Å². The largest absolute Gasteiger partial charge is 0.490 e. The molecule has 2 fully saturated rings. The molecule has 10 heteroatoms. The maximum atomic E-state index is 12.6. The van der Waals surface area contributed by atoms with Gasteiger partial charge < -0.3 is 19.2 Å². The van der Waals surface area contributed by atoms with E-state index < -0.39 is 12.1 Å². The molecule has 7 nitrogen and oxygen atoms in total. The van der Waals surface area contributed by atoms with Crippen LogP contribution in [0.1, 0.15) is 25.3 Å².